The molecule has 0 atom stereocenters. The number of rotatable bonds is 4. The molecule has 0 fully saturated rings. The lowest BCUT2D eigenvalue weighted by Gasteiger charge is -2.08. The molecule has 0 bridgehead atoms. The monoisotopic (exact) mass is 366 g/mol. The molecule has 1 aromatic carbocycles. The average Bonchev–Trinajstić information content (AvgIpc) is 2.81. The molecule has 0 amide bonds. The van der Waals surface area contributed by atoms with Crippen LogP contribution in [-0.4, -0.2) is 17.5 Å². The third-order valence-electron chi connectivity index (χ3n) is 3.53. The van der Waals surface area contributed by atoms with Crippen molar-refractivity contribution < 1.29 is 14.6 Å². The fraction of sp³-hybridized carbons (Fsp3) is 0.312. The second kappa shape index (κ2) is 6.30. The number of thiophene rings is 1. The number of ketones is 1. The highest BCUT2D eigenvalue weighted by Crippen LogP contribution is 2.35. The Morgan fingerprint density at radius 2 is 2.14 bits per heavy atom. The highest BCUT2D eigenvalue weighted by molar-refractivity contribution is 9.11. The predicted octanol–water partition coefficient (Wildman–Crippen LogP) is 3.95. The molecule has 0 radical (unpaired) electrons. The number of hydrogen-bond acceptors (Lipinski definition) is 4. The summed E-state index contributed by atoms with van der Waals surface area (Å²) in [6, 6.07) is 7.76. The molecule has 0 saturated heterocycles. The zero-order chi connectivity index (χ0) is 14.8. The highest BCUT2D eigenvalue weighted by Gasteiger charge is 2.24. The van der Waals surface area contributed by atoms with Gasteiger partial charge in [0, 0.05) is 12.2 Å². The van der Waals surface area contributed by atoms with Crippen molar-refractivity contribution in [3.05, 3.63) is 49.6 Å². The minimum atomic E-state index is 0.0391. The summed E-state index contributed by atoms with van der Waals surface area (Å²) in [5.41, 5.74) is 2.69. The Morgan fingerprint density at radius 3 is 2.95 bits per heavy atom. The Labute approximate surface area is 135 Å². The Morgan fingerprint density at radius 1 is 1.29 bits per heavy atom. The second-order valence-corrected chi connectivity index (χ2v) is 7.47. The van der Waals surface area contributed by atoms with E-state index in [1.165, 1.54) is 11.3 Å². The maximum Gasteiger partial charge on any atom is 0.207 e. The van der Waals surface area contributed by atoms with Crippen molar-refractivity contribution in [2.75, 3.05) is 6.61 Å². The fourth-order valence-corrected chi connectivity index (χ4v) is 4.06. The summed E-state index contributed by atoms with van der Waals surface area (Å²) in [7, 11) is 0. The zero-order valence-electron chi connectivity index (χ0n) is 11.4. The number of aliphatic hydroxyl groups is 1. The van der Waals surface area contributed by atoms with Gasteiger partial charge in [0.25, 0.3) is 0 Å². The molecule has 0 saturated carbocycles. The van der Waals surface area contributed by atoms with Crippen molar-refractivity contribution in [1.82, 2.24) is 0 Å². The summed E-state index contributed by atoms with van der Waals surface area (Å²) in [6.07, 6.45) is 2.56. The molecule has 110 valence electrons. The quantitative estimate of drug-likeness (QED) is 0.833. The standard InChI is InChI=1S/C16H15BrO3S/c17-14-8-11-9-20-13-5-4-10(3-1-2-6-18)7-12(13)15(19)16(11)21-14/h4-5,7-8,18H,1-3,6,9H2. The number of carbonyl (C=O) groups excluding carboxylic acids is 1. The summed E-state index contributed by atoms with van der Waals surface area (Å²) < 4.78 is 6.72. The van der Waals surface area contributed by atoms with Gasteiger partial charge in [-0.2, -0.15) is 0 Å². The number of hydrogen-bond donors (Lipinski definition) is 1. The van der Waals surface area contributed by atoms with Crippen LogP contribution < -0.4 is 4.74 Å². The van der Waals surface area contributed by atoms with Gasteiger partial charge in [0.2, 0.25) is 5.78 Å². The number of ether oxygens (including phenoxy) is 1. The lowest BCUT2D eigenvalue weighted by Crippen LogP contribution is -2.01. The molecule has 1 N–H and O–H groups in total. The van der Waals surface area contributed by atoms with E-state index in [0.717, 1.165) is 39.1 Å². The first-order valence-corrected chi connectivity index (χ1v) is 8.49. The number of benzene rings is 1. The van der Waals surface area contributed by atoms with Crippen LogP contribution in [-0.2, 0) is 13.0 Å². The van der Waals surface area contributed by atoms with E-state index in [-0.39, 0.29) is 12.4 Å². The van der Waals surface area contributed by atoms with Crippen molar-refractivity contribution in [3.63, 3.8) is 0 Å². The van der Waals surface area contributed by atoms with Crippen LogP contribution in [0, 0.1) is 0 Å². The van der Waals surface area contributed by atoms with Gasteiger partial charge in [0.05, 0.1) is 14.2 Å². The molecule has 21 heavy (non-hydrogen) atoms. The number of aliphatic hydroxyl groups excluding tert-OH is 1. The van der Waals surface area contributed by atoms with Gasteiger partial charge in [-0.25, -0.2) is 0 Å². The number of halogens is 1. The number of unbranched alkanes of at least 4 members (excludes halogenated alkanes) is 1. The molecule has 0 aliphatic carbocycles. The van der Waals surface area contributed by atoms with Crippen molar-refractivity contribution in [3.8, 4) is 5.75 Å². The Bertz CT molecular complexity index is 678. The fourth-order valence-electron chi connectivity index (χ4n) is 2.45. The van der Waals surface area contributed by atoms with Crippen LogP contribution in [0.5, 0.6) is 5.75 Å². The van der Waals surface area contributed by atoms with Crippen molar-refractivity contribution in [1.29, 1.82) is 0 Å². The normalized spacial score (nSPS) is 13.3. The first-order valence-electron chi connectivity index (χ1n) is 6.88. The molecule has 3 nitrogen and oxygen atoms in total. The minimum Gasteiger partial charge on any atom is -0.488 e. The molecule has 0 spiro atoms. The van der Waals surface area contributed by atoms with Crippen LogP contribution in [0.4, 0.5) is 0 Å². The SMILES string of the molecule is O=C1c2cc(CCCCO)ccc2OCc2cc(Br)sc21. The second-order valence-electron chi connectivity index (χ2n) is 5.03. The Kier molecular flexibility index (Phi) is 4.42. The van der Waals surface area contributed by atoms with Crippen molar-refractivity contribution in [2.45, 2.75) is 25.9 Å². The van der Waals surface area contributed by atoms with Gasteiger partial charge in [0.1, 0.15) is 12.4 Å². The van der Waals surface area contributed by atoms with Crippen LogP contribution in [0.1, 0.15) is 39.2 Å². The lowest BCUT2D eigenvalue weighted by molar-refractivity contribution is 0.104. The highest BCUT2D eigenvalue weighted by atomic mass is 79.9. The van der Waals surface area contributed by atoms with Crippen LogP contribution in [0.3, 0.4) is 0 Å². The van der Waals surface area contributed by atoms with E-state index < -0.39 is 0 Å². The summed E-state index contributed by atoms with van der Waals surface area (Å²) in [4.78, 5) is 13.5. The van der Waals surface area contributed by atoms with Crippen molar-refractivity contribution in [2.24, 2.45) is 0 Å². The van der Waals surface area contributed by atoms with Crippen LogP contribution >= 0.6 is 27.3 Å². The summed E-state index contributed by atoms with van der Waals surface area (Å²) in [5, 5.41) is 8.85. The van der Waals surface area contributed by atoms with Gasteiger partial charge >= 0.3 is 0 Å². The first-order chi connectivity index (χ1) is 10.2. The summed E-state index contributed by atoms with van der Waals surface area (Å²) >= 11 is 4.89. The maximum absolute atomic E-state index is 12.7. The van der Waals surface area contributed by atoms with Gasteiger partial charge in [-0.1, -0.05) is 6.07 Å². The lowest BCUT2D eigenvalue weighted by atomic mass is 10.0. The van der Waals surface area contributed by atoms with Gasteiger partial charge < -0.3 is 9.84 Å². The smallest absolute Gasteiger partial charge is 0.207 e. The number of aryl methyl sites for hydroxylation is 1. The first kappa shape index (κ1) is 14.8. The molecule has 0 unspecified atom stereocenters. The van der Waals surface area contributed by atoms with E-state index in [4.69, 9.17) is 9.84 Å². The summed E-state index contributed by atoms with van der Waals surface area (Å²) in [5.74, 6) is 0.697. The third kappa shape index (κ3) is 3.05. The van der Waals surface area contributed by atoms with E-state index in [0.29, 0.717) is 17.9 Å². The van der Waals surface area contributed by atoms with Gasteiger partial charge in [0.15, 0.2) is 0 Å². The van der Waals surface area contributed by atoms with Crippen LogP contribution in [0.2, 0.25) is 0 Å². The van der Waals surface area contributed by atoms with Crippen LogP contribution in [0.25, 0.3) is 0 Å². The molecule has 2 heterocycles. The molecule has 5 heteroatoms. The van der Waals surface area contributed by atoms with E-state index >= 15 is 0 Å². The molecule has 1 aromatic heterocycles. The van der Waals surface area contributed by atoms with Gasteiger partial charge in [-0.3, -0.25) is 4.79 Å². The van der Waals surface area contributed by atoms with Gasteiger partial charge in [-0.15, -0.1) is 11.3 Å². The molecular weight excluding hydrogens is 352 g/mol. The van der Waals surface area contributed by atoms with Crippen LogP contribution in [0.15, 0.2) is 28.1 Å². The predicted molar refractivity (Wildman–Crippen MR) is 86.2 cm³/mol. The maximum atomic E-state index is 12.7. The van der Waals surface area contributed by atoms with E-state index in [1.54, 1.807) is 0 Å². The molecule has 2 aromatic rings. The molecule has 3 rings (SSSR count). The van der Waals surface area contributed by atoms with E-state index in [9.17, 15) is 4.79 Å². The average molecular weight is 367 g/mol. The van der Waals surface area contributed by atoms with Gasteiger partial charge in [-0.05, 0) is 59.0 Å². The molecular formula is C16H15BrO3S. The number of fused-ring (bicyclic) bond motifs is 2. The Balaban J connectivity index is 1.92. The zero-order valence-corrected chi connectivity index (χ0v) is 13.8. The summed E-state index contributed by atoms with van der Waals surface area (Å²) in [6.45, 7) is 0.638. The van der Waals surface area contributed by atoms with E-state index in [2.05, 4.69) is 15.9 Å². The largest absolute Gasteiger partial charge is 0.488 e. The topological polar surface area (TPSA) is 46.5 Å². The molecule has 1 aliphatic heterocycles. The minimum absolute atomic E-state index is 0.0391. The molecule has 1 aliphatic rings. The number of carbonyl (C=O) groups is 1. The third-order valence-corrected chi connectivity index (χ3v) is 5.21. The van der Waals surface area contributed by atoms with E-state index in [1.807, 2.05) is 24.3 Å². The Hall–Kier alpha value is -1.17. The van der Waals surface area contributed by atoms with Crippen molar-refractivity contribution >= 4 is 33.0 Å².